The molecule has 1 aliphatic carbocycles. The Morgan fingerprint density at radius 3 is 2.55 bits per heavy atom. The van der Waals surface area contributed by atoms with Gasteiger partial charge in [-0.3, -0.25) is 14.5 Å². The summed E-state index contributed by atoms with van der Waals surface area (Å²) >= 11 is 0. The number of para-hydroxylation sites is 1. The van der Waals surface area contributed by atoms with Gasteiger partial charge in [0.15, 0.2) is 0 Å². The Morgan fingerprint density at radius 2 is 1.79 bits per heavy atom. The summed E-state index contributed by atoms with van der Waals surface area (Å²) in [5, 5.41) is 4.37. The fraction of sp³-hybridized carbons (Fsp3) is 0.484. The molecule has 38 heavy (non-hydrogen) atoms. The number of nitrogens with zero attached hydrogens (tertiary/aromatic N) is 2. The van der Waals surface area contributed by atoms with Crippen LogP contribution >= 0.6 is 0 Å². The number of rotatable bonds is 9. The van der Waals surface area contributed by atoms with Crippen molar-refractivity contribution in [3.63, 3.8) is 0 Å². The molecule has 5 rings (SSSR count). The van der Waals surface area contributed by atoms with Crippen LogP contribution in [0.25, 0.3) is 10.9 Å². The monoisotopic (exact) mass is 516 g/mol. The third kappa shape index (κ3) is 6.45. The van der Waals surface area contributed by atoms with Crippen LogP contribution in [0, 0.1) is 6.92 Å². The zero-order valence-electron chi connectivity index (χ0n) is 22.5. The maximum Gasteiger partial charge on any atom is 0.247 e. The van der Waals surface area contributed by atoms with Crippen molar-refractivity contribution in [3.05, 3.63) is 71.4 Å². The molecule has 1 atom stereocenters. The van der Waals surface area contributed by atoms with Gasteiger partial charge < -0.3 is 19.9 Å². The number of morpholine rings is 1. The third-order valence-corrected chi connectivity index (χ3v) is 8.00. The molecule has 1 aromatic heterocycles. The molecular formula is C31H40N4O3. The number of fused-ring (bicyclic) bond motifs is 1. The number of ether oxygens (including phenoxy) is 1. The van der Waals surface area contributed by atoms with Gasteiger partial charge in [-0.1, -0.05) is 67.3 Å². The van der Waals surface area contributed by atoms with Crippen LogP contribution in [0.15, 0.2) is 54.7 Å². The highest BCUT2D eigenvalue weighted by Crippen LogP contribution is 2.26. The molecule has 1 unspecified atom stereocenters. The van der Waals surface area contributed by atoms with E-state index in [9.17, 15) is 9.59 Å². The number of H-pyrrole nitrogens is 1. The number of aryl methyl sites for hydroxylation is 1. The molecular weight excluding hydrogens is 476 g/mol. The summed E-state index contributed by atoms with van der Waals surface area (Å²) in [6.45, 7) is 6.32. The van der Waals surface area contributed by atoms with Gasteiger partial charge in [0.2, 0.25) is 11.8 Å². The van der Waals surface area contributed by atoms with Gasteiger partial charge >= 0.3 is 0 Å². The highest BCUT2D eigenvalue weighted by molar-refractivity contribution is 5.92. The van der Waals surface area contributed by atoms with Crippen LogP contribution in [0.4, 0.5) is 0 Å². The smallest absolute Gasteiger partial charge is 0.247 e. The molecule has 2 N–H and O–H groups in total. The average Bonchev–Trinajstić information content (AvgIpc) is 3.35. The number of nitrogens with one attached hydrogen (secondary N) is 2. The predicted molar refractivity (Wildman–Crippen MR) is 150 cm³/mol. The van der Waals surface area contributed by atoms with E-state index >= 15 is 0 Å². The lowest BCUT2D eigenvalue weighted by molar-refractivity contribution is -0.141. The van der Waals surface area contributed by atoms with Crippen LogP contribution in [0.1, 0.15) is 54.8 Å². The highest BCUT2D eigenvalue weighted by Gasteiger charge is 2.33. The minimum absolute atomic E-state index is 0.0348. The fourth-order valence-electron chi connectivity index (χ4n) is 5.76. The summed E-state index contributed by atoms with van der Waals surface area (Å²) in [4.78, 5) is 35.5. The van der Waals surface area contributed by atoms with E-state index in [4.69, 9.17) is 4.74 Å². The zero-order valence-corrected chi connectivity index (χ0v) is 22.5. The van der Waals surface area contributed by atoms with Crippen LogP contribution in [-0.2, 0) is 20.7 Å². The largest absolute Gasteiger partial charge is 0.379 e. The molecule has 2 aromatic carbocycles. The van der Waals surface area contributed by atoms with Crippen LogP contribution in [0.2, 0.25) is 0 Å². The van der Waals surface area contributed by atoms with Crippen molar-refractivity contribution >= 4 is 22.7 Å². The first-order chi connectivity index (χ1) is 18.6. The van der Waals surface area contributed by atoms with Crippen molar-refractivity contribution in [2.45, 2.75) is 57.5 Å². The maximum atomic E-state index is 14.1. The van der Waals surface area contributed by atoms with E-state index in [1.54, 1.807) is 0 Å². The molecule has 2 aliphatic rings. The molecule has 0 spiro atoms. The molecule has 2 amide bonds. The van der Waals surface area contributed by atoms with E-state index in [0.29, 0.717) is 26.3 Å². The normalized spacial score (nSPS) is 17.8. The minimum Gasteiger partial charge on any atom is -0.379 e. The van der Waals surface area contributed by atoms with E-state index < -0.39 is 6.04 Å². The first kappa shape index (κ1) is 26.4. The Balaban J connectivity index is 1.44. The maximum absolute atomic E-state index is 14.1. The number of amides is 2. The van der Waals surface area contributed by atoms with E-state index in [1.807, 2.05) is 66.6 Å². The van der Waals surface area contributed by atoms with Crippen molar-refractivity contribution in [1.82, 2.24) is 20.1 Å². The SMILES string of the molecule is Cc1ccc(C(C(=O)NC2CCCCC2)N(CCN2CCOCC2)C(=O)Cc2c[nH]c3ccccc23)cc1. The number of carbonyl (C=O) groups excluding carboxylic acids is 2. The van der Waals surface area contributed by atoms with Gasteiger partial charge in [0.25, 0.3) is 0 Å². The Bertz CT molecular complexity index is 1210. The van der Waals surface area contributed by atoms with E-state index in [1.165, 1.54) is 6.42 Å². The Labute approximate surface area is 225 Å². The zero-order chi connectivity index (χ0) is 26.3. The van der Waals surface area contributed by atoms with Crippen molar-refractivity contribution in [2.75, 3.05) is 39.4 Å². The number of aromatic amines is 1. The summed E-state index contributed by atoms with van der Waals surface area (Å²) in [6.07, 6.45) is 7.67. The molecule has 1 saturated carbocycles. The molecule has 0 bridgehead atoms. The van der Waals surface area contributed by atoms with Gasteiger partial charge in [-0.2, -0.15) is 0 Å². The summed E-state index contributed by atoms with van der Waals surface area (Å²) in [5.41, 5.74) is 3.96. The molecule has 1 saturated heterocycles. The Kier molecular flexibility index (Phi) is 8.76. The topological polar surface area (TPSA) is 77.7 Å². The first-order valence-corrected chi connectivity index (χ1v) is 14.1. The first-order valence-electron chi connectivity index (χ1n) is 14.1. The van der Waals surface area contributed by atoms with Crippen molar-refractivity contribution in [2.24, 2.45) is 0 Å². The fourth-order valence-corrected chi connectivity index (χ4v) is 5.76. The standard InChI is InChI=1S/C31H40N4O3/c1-23-11-13-24(14-12-23)30(31(37)33-26-7-3-2-4-8-26)35(16-15-34-17-19-38-20-18-34)29(36)21-25-22-32-28-10-6-5-9-27(25)28/h5-6,9-14,22,26,30,32H,2-4,7-8,15-21H2,1H3,(H,33,37). The van der Waals surface area contributed by atoms with Gasteiger partial charge in [-0.15, -0.1) is 0 Å². The van der Waals surface area contributed by atoms with Gasteiger partial charge in [0.1, 0.15) is 6.04 Å². The van der Waals surface area contributed by atoms with E-state index in [0.717, 1.165) is 66.4 Å². The predicted octanol–water partition coefficient (Wildman–Crippen LogP) is 4.37. The van der Waals surface area contributed by atoms with Gasteiger partial charge in [-0.05, 0) is 37.0 Å². The lowest BCUT2D eigenvalue weighted by atomic mass is 9.94. The van der Waals surface area contributed by atoms with Crippen LogP contribution in [-0.4, -0.2) is 72.0 Å². The number of aromatic nitrogens is 1. The summed E-state index contributed by atoms with van der Waals surface area (Å²) < 4.78 is 5.53. The van der Waals surface area contributed by atoms with Crippen LogP contribution in [0.3, 0.4) is 0 Å². The van der Waals surface area contributed by atoms with Crippen molar-refractivity contribution < 1.29 is 14.3 Å². The molecule has 1 aliphatic heterocycles. The number of hydrogen-bond donors (Lipinski definition) is 2. The van der Waals surface area contributed by atoms with Gasteiger partial charge in [0.05, 0.1) is 19.6 Å². The van der Waals surface area contributed by atoms with E-state index in [-0.39, 0.29) is 24.3 Å². The van der Waals surface area contributed by atoms with Gasteiger partial charge in [-0.25, -0.2) is 0 Å². The number of carbonyl (C=O) groups is 2. The quantitative estimate of drug-likeness (QED) is 0.443. The van der Waals surface area contributed by atoms with Crippen molar-refractivity contribution in [3.8, 4) is 0 Å². The van der Waals surface area contributed by atoms with Crippen molar-refractivity contribution in [1.29, 1.82) is 0 Å². The molecule has 2 heterocycles. The molecule has 0 radical (unpaired) electrons. The molecule has 7 heteroatoms. The van der Waals surface area contributed by atoms with Gasteiger partial charge in [0, 0.05) is 49.3 Å². The lowest BCUT2D eigenvalue weighted by Crippen LogP contribution is -2.50. The number of benzene rings is 2. The van der Waals surface area contributed by atoms with Crippen LogP contribution in [0.5, 0.6) is 0 Å². The minimum atomic E-state index is -0.670. The lowest BCUT2D eigenvalue weighted by Gasteiger charge is -2.35. The second-order valence-corrected chi connectivity index (χ2v) is 10.7. The Hall–Kier alpha value is -3.16. The third-order valence-electron chi connectivity index (χ3n) is 8.00. The molecule has 3 aromatic rings. The van der Waals surface area contributed by atoms with E-state index in [2.05, 4.69) is 15.2 Å². The highest BCUT2D eigenvalue weighted by atomic mass is 16.5. The molecule has 202 valence electrons. The van der Waals surface area contributed by atoms with Crippen LogP contribution < -0.4 is 5.32 Å². The Morgan fingerprint density at radius 1 is 1.05 bits per heavy atom. The second-order valence-electron chi connectivity index (χ2n) is 10.7. The molecule has 7 nitrogen and oxygen atoms in total. The summed E-state index contributed by atoms with van der Waals surface area (Å²) in [7, 11) is 0. The molecule has 2 fully saturated rings. The average molecular weight is 517 g/mol. The number of hydrogen-bond acceptors (Lipinski definition) is 4. The second kappa shape index (κ2) is 12.6. The summed E-state index contributed by atoms with van der Waals surface area (Å²) in [6, 6.07) is 15.6. The summed E-state index contributed by atoms with van der Waals surface area (Å²) in [5.74, 6) is -0.109.